The van der Waals surface area contributed by atoms with Crippen molar-refractivity contribution in [2.24, 2.45) is 0 Å². The summed E-state index contributed by atoms with van der Waals surface area (Å²) >= 11 is 0. The summed E-state index contributed by atoms with van der Waals surface area (Å²) in [6.45, 7) is 2.63. The van der Waals surface area contributed by atoms with E-state index in [4.69, 9.17) is 0 Å². The fourth-order valence-electron chi connectivity index (χ4n) is 2.83. The quantitative estimate of drug-likeness (QED) is 0.796. The molecule has 0 saturated heterocycles. The van der Waals surface area contributed by atoms with Crippen molar-refractivity contribution in [2.45, 2.75) is 19.6 Å². The van der Waals surface area contributed by atoms with Gasteiger partial charge in [-0.1, -0.05) is 0 Å². The van der Waals surface area contributed by atoms with Crippen LogP contribution < -0.4 is 4.90 Å². The summed E-state index contributed by atoms with van der Waals surface area (Å²) in [7, 11) is 0. The van der Waals surface area contributed by atoms with Crippen molar-refractivity contribution in [3.63, 3.8) is 0 Å². The summed E-state index contributed by atoms with van der Waals surface area (Å²) < 4.78 is 39.6. The van der Waals surface area contributed by atoms with Gasteiger partial charge in [0.05, 0.1) is 5.56 Å². The van der Waals surface area contributed by atoms with Crippen molar-refractivity contribution >= 4 is 17.9 Å². The van der Waals surface area contributed by atoms with Gasteiger partial charge in [-0.05, 0) is 37.3 Å². The average Bonchev–Trinajstić information content (AvgIpc) is 2.84. The Morgan fingerprint density at radius 3 is 2.35 bits per heavy atom. The molecule has 1 aromatic carbocycles. The standard InChI is InChI=1S/C16H13F3N2O2/c1-10-8-11(9-22)14-15(23)21(7-6-20(10)14)13-4-2-12(3-5-13)16(17,18)19/h2-5,8-9H,6-7H2,1H3. The van der Waals surface area contributed by atoms with Crippen molar-refractivity contribution in [3.8, 4) is 0 Å². The Balaban J connectivity index is 1.96. The topological polar surface area (TPSA) is 42.3 Å². The second-order valence-corrected chi connectivity index (χ2v) is 5.36. The van der Waals surface area contributed by atoms with Crippen LogP contribution in [0.15, 0.2) is 30.3 Å². The van der Waals surface area contributed by atoms with Gasteiger partial charge in [-0.15, -0.1) is 0 Å². The first-order valence-corrected chi connectivity index (χ1v) is 6.97. The minimum absolute atomic E-state index is 0.281. The van der Waals surface area contributed by atoms with E-state index in [2.05, 4.69) is 0 Å². The van der Waals surface area contributed by atoms with Crippen LogP contribution >= 0.6 is 0 Å². The normalized spacial score (nSPS) is 14.8. The van der Waals surface area contributed by atoms with E-state index in [0.717, 1.165) is 17.8 Å². The summed E-state index contributed by atoms with van der Waals surface area (Å²) in [6.07, 6.45) is -3.80. The van der Waals surface area contributed by atoms with Gasteiger partial charge in [0.2, 0.25) is 0 Å². The highest BCUT2D eigenvalue weighted by Gasteiger charge is 2.32. The number of alkyl halides is 3. The number of aromatic nitrogens is 1. The molecule has 23 heavy (non-hydrogen) atoms. The van der Waals surface area contributed by atoms with E-state index in [1.54, 1.807) is 17.6 Å². The molecule has 0 aliphatic carbocycles. The monoisotopic (exact) mass is 322 g/mol. The lowest BCUT2D eigenvalue weighted by molar-refractivity contribution is -0.137. The molecule has 1 amide bonds. The summed E-state index contributed by atoms with van der Waals surface area (Å²) in [5, 5.41) is 0. The van der Waals surface area contributed by atoms with Gasteiger partial charge >= 0.3 is 6.18 Å². The molecular weight excluding hydrogens is 309 g/mol. The van der Waals surface area contributed by atoms with Gasteiger partial charge in [-0.2, -0.15) is 13.2 Å². The third-order valence-electron chi connectivity index (χ3n) is 3.96. The number of amides is 1. The second-order valence-electron chi connectivity index (χ2n) is 5.36. The van der Waals surface area contributed by atoms with Gasteiger partial charge in [-0.25, -0.2) is 0 Å². The molecule has 1 aliphatic heterocycles. The van der Waals surface area contributed by atoms with E-state index >= 15 is 0 Å². The molecule has 1 aliphatic rings. The van der Waals surface area contributed by atoms with Crippen LogP contribution in [0.25, 0.3) is 0 Å². The number of hydrogen-bond donors (Lipinski definition) is 0. The summed E-state index contributed by atoms with van der Waals surface area (Å²) in [6, 6.07) is 6.07. The summed E-state index contributed by atoms with van der Waals surface area (Å²) in [4.78, 5) is 25.1. The lowest BCUT2D eigenvalue weighted by Crippen LogP contribution is -2.41. The molecule has 0 atom stereocenters. The van der Waals surface area contributed by atoms with Crippen LogP contribution in [0.1, 0.15) is 32.1 Å². The third kappa shape index (κ3) is 2.52. The second kappa shape index (κ2) is 5.26. The zero-order valence-corrected chi connectivity index (χ0v) is 12.2. The van der Waals surface area contributed by atoms with Gasteiger partial charge in [0, 0.05) is 30.0 Å². The lowest BCUT2D eigenvalue weighted by atomic mass is 10.1. The maximum Gasteiger partial charge on any atom is 0.416 e. The molecule has 0 spiro atoms. The Morgan fingerprint density at radius 1 is 1.13 bits per heavy atom. The van der Waals surface area contributed by atoms with Crippen molar-refractivity contribution in [1.82, 2.24) is 4.57 Å². The predicted molar refractivity (Wildman–Crippen MR) is 77.7 cm³/mol. The Kier molecular flexibility index (Phi) is 3.50. The molecule has 0 radical (unpaired) electrons. The summed E-state index contributed by atoms with van der Waals surface area (Å²) in [5.41, 5.74) is 0.999. The van der Waals surface area contributed by atoms with Crippen LogP contribution in [-0.2, 0) is 12.7 Å². The minimum Gasteiger partial charge on any atom is -0.339 e. The molecule has 0 fully saturated rings. The predicted octanol–water partition coefficient (Wildman–Crippen LogP) is 3.29. The molecule has 0 unspecified atom stereocenters. The number of benzene rings is 1. The minimum atomic E-state index is -4.42. The van der Waals surface area contributed by atoms with Crippen LogP contribution in [-0.4, -0.2) is 23.3 Å². The molecule has 7 heteroatoms. The maximum absolute atomic E-state index is 12.6. The molecule has 2 heterocycles. The van der Waals surface area contributed by atoms with E-state index in [9.17, 15) is 22.8 Å². The Bertz CT molecular complexity index is 776. The first kappa shape index (κ1) is 15.3. The van der Waals surface area contributed by atoms with E-state index in [-0.39, 0.29) is 11.6 Å². The number of aryl methyl sites for hydroxylation is 1. The Labute approximate surface area is 130 Å². The largest absolute Gasteiger partial charge is 0.416 e. The molecule has 4 nitrogen and oxygen atoms in total. The third-order valence-corrected chi connectivity index (χ3v) is 3.96. The number of nitrogens with zero attached hydrogens (tertiary/aromatic N) is 2. The fraction of sp³-hybridized carbons (Fsp3) is 0.250. The smallest absolute Gasteiger partial charge is 0.339 e. The van der Waals surface area contributed by atoms with Crippen molar-refractivity contribution < 1.29 is 22.8 Å². The molecule has 0 N–H and O–H groups in total. The highest BCUT2D eigenvalue weighted by atomic mass is 19.4. The number of fused-ring (bicyclic) bond motifs is 1. The Morgan fingerprint density at radius 2 is 1.78 bits per heavy atom. The van der Waals surface area contributed by atoms with Gasteiger partial charge in [0.25, 0.3) is 5.91 Å². The zero-order valence-electron chi connectivity index (χ0n) is 12.2. The highest BCUT2D eigenvalue weighted by Crippen LogP contribution is 2.31. The summed E-state index contributed by atoms with van der Waals surface area (Å²) in [5.74, 6) is -0.383. The van der Waals surface area contributed by atoms with Crippen LogP contribution in [0.2, 0.25) is 0 Å². The van der Waals surface area contributed by atoms with Crippen molar-refractivity contribution in [3.05, 3.63) is 52.8 Å². The zero-order chi connectivity index (χ0) is 16.8. The fourth-order valence-corrected chi connectivity index (χ4v) is 2.83. The Hall–Kier alpha value is -2.57. The van der Waals surface area contributed by atoms with E-state index in [1.807, 2.05) is 0 Å². The number of anilines is 1. The molecular formula is C16H13F3N2O2. The molecule has 2 aromatic rings. The van der Waals surface area contributed by atoms with Crippen LogP contribution in [0.4, 0.5) is 18.9 Å². The van der Waals surface area contributed by atoms with Gasteiger partial charge < -0.3 is 9.47 Å². The molecule has 0 bridgehead atoms. The van der Waals surface area contributed by atoms with Gasteiger partial charge in [0.1, 0.15) is 5.69 Å². The molecule has 0 saturated carbocycles. The van der Waals surface area contributed by atoms with Crippen LogP contribution in [0.5, 0.6) is 0 Å². The van der Waals surface area contributed by atoms with Gasteiger partial charge in [0.15, 0.2) is 6.29 Å². The van der Waals surface area contributed by atoms with Crippen LogP contribution in [0.3, 0.4) is 0 Å². The number of carbonyl (C=O) groups is 2. The number of aldehydes is 1. The van der Waals surface area contributed by atoms with E-state index < -0.39 is 11.7 Å². The molecule has 1 aromatic heterocycles. The number of rotatable bonds is 2. The molecule has 120 valence electrons. The first-order valence-electron chi connectivity index (χ1n) is 6.97. The van der Waals surface area contributed by atoms with Crippen LogP contribution in [0, 0.1) is 6.92 Å². The van der Waals surface area contributed by atoms with Gasteiger partial charge in [-0.3, -0.25) is 9.59 Å². The highest BCUT2D eigenvalue weighted by molar-refractivity contribution is 6.10. The average molecular weight is 322 g/mol. The SMILES string of the molecule is Cc1cc(C=O)c2n1CCN(c1ccc(C(F)(F)F)cc1)C2=O. The number of hydrogen-bond acceptors (Lipinski definition) is 2. The molecule has 3 rings (SSSR count). The number of carbonyl (C=O) groups excluding carboxylic acids is 2. The van der Waals surface area contributed by atoms with E-state index in [0.29, 0.717) is 30.6 Å². The first-order chi connectivity index (χ1) is 10.8. The maximum atomic E-state index is 12.6. The van der Waals surface area contributed by atoms with E-state index in [1.165, 1.54) is 17.0 Å². The van der Waals surface area contributed by atoms with Crippen molar-refractivity contribution in [1.29, 1.82) is 0 Å². The lowest BCUT2D eigenvalue weighted by Gasteiger charge is -2.29. The number of halogens is 3. The van der Waals surface area contributed by atoms with Crippen molar-refractivity contribution in [2.75, 3.05) is 11.4 Å².